The Kier molecular flexibility index (Phi) is 6.93. The van der Waals surface area contributed by atoms with E-state index in [2.05, 4.69) is 24.0 Å². The van der Waals surface area contributed by atoms with Gasteiger partial charge in [0, 0.05) is 44.7 Å². The summed E-state index contributed by atoms with van der Waals surface area (Å²) in [6.07, 6.45) is 0.563. The molecular weight excluding hydrogens is 352 g/mol. The van der Waals surface area contributed by atoms with Gasteiger partial charge in [0.05, 0.1) is 14.2 Å². The molecule has 5 nitrogen and oxygen atoms in total. The van der Waals surface area contributed by atoms with Crippen LogP contribution in [-0.2, 0) is 11.3 Å². The first-order chi connectivity index (χ1) is 13.6. The number of benzene rings is 2. The minimum atomic E-state index is 0.243. The molecule has 150 valence electrons. The molecule has 1 saturated heterocycles. The van der Waals surface area contributed by atoms with Gasteiger partial charge in [0.15, 0.2) is 0 Å². The van der Waals surface area contributed by atoms with Crippen molar-refractivity contribution in [3.8, 4) is 11.5 Å². The van der Waals surface area contributed by atoms with Gasteiger partial charge >= 0.3 is 0 Å². The normalized spacial score (nSPS) is 15.9. The molecule has 5 heteroatoms. The molecule has 0 N–H and O–H groups in total. The highest BCUT2D eigenvalue weighted by Crippen LogP contribution is 2.26. The van der Waals surface area contributed by atoms with E-state index in [-0.39, 0.29) is 11.8 Å². The first-order valence-electron chi connectivity index (χ1n) is 9.86. The Morgan fingerprint density at radius 3 is 2.36 bits per heavy atom. The Balaban J connectivity index is 1.52. The number of rotatable bonds is 7. The third-order valence-electron chi connectivity index (χ3n) is 5.46. The van der Waals surface area contributed by atoms with E-state index < -0.39 is 0 Å². The van der Waals surface area contributed by atoms with Crippen molar-refractivity contribution in [1.82, 2.24) is 9.80 Å². The van der Waals surface area contributed by atoms with Crippen LogP contribution in [0.15, 0.2) is 48.5 Å². The zero-order valence-corrected chi connectivity index (χ0v) is 17.1. The van der Waals surface area contributed by atoms with Gasteiger partial charge in [-0.3, -0.25) is 9.69 Å². The molecule has 28 heavy (non-hydrogen) atoms. The lowest BCUT2D eigenvalue weighted by atomic mass is 9.97. The van der Waals surface area contributed by atoms with Crippen molar-refractivity contribution in [3.05, 3.63) is 59.7 Å². The van der Waals surface area contributed by atoms with E-state index in [1.807, 2.05) is 41.3 Å². The molecule has 1 unspecified atom stereocenters. The van der Waals surface area contributed by atoms with Gasteiger partial charge in [-0.15, -0.1) is 0 Å². The molecule has 1 atom stereocenters. The maximum atomic E-state index is 12.7. The summed E-state index contributed by atoms with van der Waals surface area (Å²) in [5.74, 6) is 2.19. The van der Waals surface area contributed by atoms with E-state index in [1.54, 1.807) is 14.2 Å². The number of carbonyl (C=O) groups is 1. The third-order valence-corrected chi connectivity index (χ3v) is 5.46. The number of ether oxygens (including phenoxy) is 2. The van der Waals surface area contributed by atoms with E-state index in [0.717, 1.165) is 49.8 Å². The summed E-state index contributed by atoms with van der Waals surface area (Å²) in [5.41, 5.74) is 2.33. The summed E-state index contributed by atoms with van der Waals surface area (Å²) in [7, 11) is 3.36. The van der Waals surface area contributed by atoms with Crippen LogP contribution in [0.4, 0.5) is 0 Å². The average molecular weight is 383 g/mol. The monoisotopic (exact) mass is 382 g/mol. The van der Waals surface area contributed by atoms with Crippen molar-refractivity contribution in [2.45, 2.75) is 25.8 Å². The molecule has 0 saturated carbocycles. The van der Waals surface area contributed by atoms with Gasteiger partial charge in [-0.1, -0.05) is 37.3 Å². The molecule has 2 aromatic carbocycles. The summed E-state index contributed by atoms with van der Waals surface area (Å²) in [5, 5.41) is 0. The van der Waals surface area contributed by atoms with E-state index in [1.165, 1.54) is 5.56 Å². The smallest absolute Gasteiger partial charge is 0.223 e. The van der Waals surface area contributed by atoms with Crippen molar-refractivity contribution in [2.24, 2.45) is 0 Å². The van der Waals surface area contributed by atoms with E-state index in [4.69, 9.17) is 9.47 Å². The highest BCUT2D eigenvalue weighted by atomic mass is 16.5. The first-order valence-corrected chi connectivity index (χ1v) is 9.86. The molecule has 1 heterocycles. The fraction of sp³-hybridized carbons (Fsp3) is 0.435. The molecule has 1 amide bonds. The van der Waals surface area contributed by atoms with Crippen molar-refractivity contribution in [2.75, 3.05) is 40.4 Å². The van der Waals surface area contributed by atoms with Gasteiger partial charge in [-0.05, 0) is 29.7 Å². The van der Waals surface area contributed by atoms with Crippen LogP contribution in [0.2, 0.25) is 0 Å². The Labute approximate surface area is 167 Å². The lowest BCUT2D eigenvalue weighted by Gasteiger charge is -2.35. The number of methoxy groups -OCH3 is 2. The van der Waals surface area contributed by atoms with Crippen LogP contribution in [0.1, 0.15) is 30.4 Å². The van der Waals surface area contributed by atoms with Crippen LogP contribution >= 0.6 is 0 Å². The van der Waals surface area contributed by atoms with E-state index in [0.29, 0.717) is 6.42 Å². The summed E-state index contributed by atoms with van der Waals surface area (Å²) in [6, 6.07) is 16.1. The summed E-state index contributed by atoms with van der Waals surface area (Å²) >= 11 is 0. The van der Waals surface area contributed by atoms with Crippen molar-refractivity contribution >= 4 is 5.91 Å². The largest absolute Gasteiger partial charge is 0.497 e. The minimum absolute atomic E-state index is 0.243. The second kappa shape index (κ2) is 9.60. The van der Waals surface area contributed by atoms with Crippen LogP contribution in [0.25, 0.3) is 0 Å². The zero-order chi connectivity index (χ0) is 19.9. The van der Waals surface area contributed by atoms with Crippen molar-refractivity contribution in [3.63, 3.8) is 0 Å². The molecule has 0 aromatic heterocycles. The number of hydrogen-bond donors (Lipinski definition) is 0. The predicted molar refractivity (Wildman–Crippen MR) is 111 cm³/mol. The lowest BCUT2D eigenvalue weighted by Crippen LogP contribution is -2.48. The van der Waals surface area contributed by atoms with Crippen LogP contribution < -0.4 is 9.47 Å². The van der Waals surface area contributed by atoms with Gasteiger partial charge in [0.25, 0.3) is 0 Å². The topological polar surface area (TPSA) is 42.0 Å². The highest BCUT2D eigenvalue weighted by Gasteiger charge is 2.23. The summed E-state index contributed by atoms with van der Waals surface area (Å²) < 4.78 is 10.8. The SMILES string of the molecule is COc1ccc(OC)c(CN2CCN(C(=O)CC(C)c3ccccc3)CC2)c1. The Morgan fingerprint density at radius 1 is 1.00 bits per heavy atom. The second-order valence-corrected chi connectivity index (χ2v) is 7.35. The molecule has 2 aromatic rings. The number of carbonyl (C=O) groups excluding carboxylic acids is 1. The van der Waals surface area contributed by atoms with Gasteiger partial charge in [0.2, 0.25) is 5.91 Å². The van der Waals surface area contributed by atoms with Gasteiger partial charge in [-0.2, -0.15) is 0 Å². The minimum Gasteiger partial charge on any atom is -0.497 e. The summed E-state index contributed by atoms with van der Waals surface area (Å²) in [4.78, 5) is 17.1. The highest BCUT2D eigenvalue weighted by molar-refractivity contribution is 5.77. The Hall–Kier alpha value is -2.53. The van der Waals surface area contributed by atoms with Crippen molar-refractivity contribution < 1.29 is 14.3 Å². The number of piperazine rings is 1. The number of nitrogens with zero attached hydrogens (tertiary/aromatic N) is 2. The molecule has 0 radical (unpaired) electrons. The molecule has 1 fully saturated rings. The average Bonchev–Trinajstić information content (AvgIpc) is 2.74. The van der Waals surface area contributed by atoms with Crippen LogP contribution in [0, 0.1) is 0 Å². The standard InChI is InChI=1S/C23H30N2O3/c1-18(19-7-5-4-6-8-19)15-23(26)25-13-11-24(12-14-25)17-20-16-21(27-2)9-10-22(20)28-3/h4-10,16,18H,11-15,17H2,1-3H3. The fourth-order valence-corrected chi connectivity index (χ4v) is 3.69. The molecule has 0 bridgehead atoms. The van der Waals surface area contributed by atoms with Gasteiger partial charge in [-0.25, -0.2) is 0 Å². The molecule has 1 aliphatic rings. The van der Waals surface area contributed by atoms with Crippen LogP contribution in [0.3, 0.4) is 0 Å². The lowest BCUT2D eigenvalue weighted by molar-refractivity contribution is -0.133. The zero-order valence-electron chi connectivity index (χ0n) is 17.1. The van der Waals surface area contributed by atoms with Gasteiger partial charge < -0.3 is 14.4 Å². The van der Waals surface area contributed by atoms with Crippen molar-refractivity contribution in [1.29, 1.82) is 0 Å². The predicted octanol–water partition coefficient (Wildman–Crippen LogP) is 3.54. The molecule has 1 aliphatic heterocycles. The van der Waals surface area contributed by atoms with E-state index in [9.17, 15) is 4.79 Å². The number of amides is 1. The second-order valence-electron chi connectivity index (χ2n) is 7.35. The Bertz CT molecular complexity index is 771. The third kappa shape index (κ3) is 5.04. The van der Waals surface area contributed by atoms with Gasteiger partial charge in [0.1, 0.15) is 11.5 Å². The molecule has 3 rings (SSSR count). The summed E-state index contributed by atoms with van der Waals surface area (Å²) in [6.45, 7) is 6.19. The maximum Gasteiger partial charge on any atom is 0.223 e. The molecular formula is C23H30N2O3. The quantitative estimate of drug-likeness (QED) is 0.735. The first kappa shape index (κ1) is 20.2. The van der Waals surface area contributed by atoms with Crippen LogP contribution in [0.5, 0.6) is 11.5 Å². The Morgan fingerprint density at radius 2 is 1.71 bits per heavy atom. The van der Waals surface area contributed by atoms with E-state index >= 15 is 0 Å². The molecule has 0 aliphatic carbocycles. The fourth-order valence-electron chi connectivity index (χ4n) is 3.69. The molecule has 0 spiro atoms. The maximum absolute atomic E-state index is 12.7. The number of hydrogen-bond acceptors (Lipinski definition) is 4. The van der Waals surface area contributed by atoms with Crippen LogP contribution in [-0.4, -0.2) is 56.1 Å².